The number of carbonyl (C=O) groups is 3. The number of allylic oxidation sites excluding steroid dienone is 2. The number of carboxylic acid groups (broad SMARTS) is 1. The first kappa shape index (κ1) is 24.7. The van der Waals surface area contributed by atoms with E-state index in [-0.39, 0.29) is 27.8 Å². The number of ether oxygens (including phenoxy) is 1. The van der Waals surface area contributed by atoms with Crippen LogP contribution in [0.1, 0.15) is 28.8 Å². The summed E-state index contributed by atoms with van der Waals surface area (Å²) in [6.45, 7) is 0.913. The monoisotopic (exact) mass is 567 g/mol. The Morgan fingerprint density at radius 3 is 2.35 bits per heavy atom. The Morgan fingerprint density at radius 2 is 1.76 bits per heavy atom. The number of hydrogen-bond donors (Lipinski definition) is 3. The molecule has 2 aromatic rings. The van der Waals surface area contributed by atoms with E-state index in [1.165, 1.54) is 12.4 Å². The van der Waals surface area contributed by atoms with Gasteiger partial charge in [0.05, 0.1) is 25.5 Å². The lowest BCUT2D eigenvalue weighted by molar-refractivity contribution is -0.140. The minimum Gasteiger partial charge on any atom is -0.480 e. The average Bonchev–Trinajstić information content (AvgIpc) is 2.82. The molecule has 1 atom stereocenters. The van der Waals surface area contributed by atoms with E-state index in [4.69, 9.17) is 27.9 Å². The Labute approximate surface area is 213 Å². The Kier molecular flexibility index (Phi) is 7.28. The van der Waals surface area contributed by atoms with Crippen LogP contribution in [-0.4, -0.2) is 47.0 Å². The molecule has 1 spiro atoms. The zero-order valence-electron chi connectivity index (χ0n) is 17.7. The second-order valence-electron chi connectivity index (χ2n) is 8.08. The van der Waals surface area contributed by atoms with Crippen molar-refractivity contribution in [2.24, 2.45) is 5.41 Å². The highest BCUT2D eigenvalue weighted by molar-refractivity contribution is 9.12. The fraction of sp³-hybridized carbons (Fsp3) is 0.304. The van der Waals surface area contributed by atoms with E-state index >= 15 is 0 Å². The quantitative estimate of drug-likeness (QED) is 0.458. The van der Waals surface area contributed by atoms with Crippen molar-refractivity contribution in [3.63, 3.8) is 0 Å². The van der Waals surface area contributed by atoms with Crippen LogP contribution in [0.25, 0.3) is 0 Å². The number of benzene rings is 1. The molecule has 2 aliphatic rings. The molecule has 11 heteroatoms. The van der Waals surface area contributed by atoms with Crippen LogP contribution in [0.3, 0.4) is 0 Å². The first-order valence-electron chi connectivity index (χ1n) is 10.4. The van der Waals surface area contributed by atoms with E-state index in [9.17, 15) is 19.5 Å². The van der Waals surface area contributed by atoms with Crippen LogP contribution in [0.4, 0.5) is 5.69 Å². The Bertz CT molecular complexity index is 1160. The summed E-state index contributed by atoms with van der Waals surface area (Å²) in [6.07, 6.45) is 3.89. The molecule has 2 heterocycles. The summed E-state index contributed by atoms with van der Waals surface area (Å²) in [7, 11) is 0. The van der Waals surface area contributed by atoms with Crippen LogP contribution >= 0.6 is 39.1 Å². The van der Waals surface area contributed by atoms with Crippen molar-refractivity contribution in [1.82, 2.24) is 10.3 Å². The van der Waals surface area contributed by atoms with Gasteiger partial charge in [0.1, 0.15) is 6.04 Å². The molecule has 1 aromatic heterocycles. The Hall–Kier alpha value is -2.46. The normalized spacial score (nSPS) is 17.8. The maximum atomic E-state index is 12.5. The fourth-order valence-electron chi connectivity index (χ4n) is 4.14. The Balaban J connectivity index is 1.45. The smallest absolute Gasteiger partial charge is 0.326 e. The highest BCUT2D eigenvalue weighted by Gasteiger charge is 2.54. The van der Waals surface area contributed by atoms with E-state index in [0.717, 1.165) is 5.56 Å². The van der Waals surface area contributed by atoms with Gasteiger partial charge in [-0.15, -0.1) is 0 Å². The van der Waals surface area contributed by atoms with Gasteiger partial charge in [-0.1, -0.05) is 35.3 Å². The molecule has 1 fully saturated rings. The molecule has 0 bridgehead atoms. The molecule has 3 N–H and O–H groups in total. The van der Waals surface area contributed by atoms with E-state index in [1.54, 1.807) is 24.3 Å². The van der Waals surface area contributed by atoms with Crippen LogP contribution in [0.15, 0.2) is 46.8 Å². The molecule has 1 aromatic carbocycles. The summed E-state index contributed by atoms with van der Waals surface area (Å²) in [5.74, 6) is -1.53. The van der Waals surface area contributed by atoms with Crippen LogP contribution in [0, 0.1) is 5.41 Å². The van der Waals surface area contributed by atoms with E-state index in [2.05, 4.69) is 31.5 Å². The molecule has 1 saturated heterocycles. The molecular formula is C23H20BrCl2N3O5. The SMILES string of the molecule is O=C(Nc1ccc(C[C@H](NC2=C(Br)C(=O)C23CCOCC3)C(=O)O)cc1)c1c(Cl)cncc1Cl. The zero-order chi connectivity index (χ0) is 24.5. The lowest BCUT2D eigenvalue weighted by Gasteiger charge is -2.45. The molecule has 1 aliphatic heterocycles. The molecule has 0 saturated carbocycles. The minimum atomic E-state index is -1.03. The molecule has 34 heavy (non-hydrogen) atoms. The lowest BCUT2D eigenvalue weighted by Crippen LogP contribution is -2.54. The maximum absolute atomic E-state index is 12.5. The van der Waals surface area contributed by atoms with Crippen LogP contribution in [-0.2, 0) is 20.7 Å². The first-order chi connectivity index (χ1) is 16.2. The molecule has 1 aliphatic carbocycles. The van der Waals surface area contributed by atoms with E-state index < -0.39 is 23.3 Å². The average molecular weight is 569 g/mol. The zero-order valence-corrected chi connectivity index (χ0v) is 20.8. The van der Waals surface area contributed by atoms with Gasteiger partial charge in [-0.25, -0.2) is 4.79 Å². The number of anilines is 1. The second kappa shape index (κ2) is 10.0. The fourth-order valence-corrected chi connectivity index (χ4v) is 5.55. The van der Waals surface area contributed by atoms with Crippen molar-refractivity contribution < 1.29 is 24.2 Å². The number of carbonyl (C=O) groups excluding carboxylic acids is 2. The number of nitrogens with zero attached hydrogens (tertiary/aromatic N) is 1. The second-order valence-corrected chi connectivity index (χ2v) is 9.69. The topological polar surface area (TPSA) is 118 Å². The molecule has 1 amide bonds. The van der Waals surface area contributed by atoms with Gasteiger partial charge in [-0.05, 0) is 46.5 Å². The largest absolute Gasteiger partial charge is 0.480 e. The van der Waals surface area contributed by atoms with Crippen molar-refractivity contribution in [3.05, 3.63) is 68.0 Å². The van der Waals surface area contributed by atoms with Gasteiger partial charge < -0.3 is 20.5 Å². The van der Waals surface area contributed by atoms with Gasteiger partial charge in [0.15, 0.2) is 5.78 Å². The van der Waals surface area contributed by atoms with Crippen molar-refractivity contribution in [2.75, 3.05) is 18.5 Å². The van der Waals surface area contributed by atoms with Gasteiger partial charge in [0, 0.05) is 43.4 Å². The van der Waals surface area contributed by atoms with E-state index in [1.807, 2.05) is 0 Å². The number of aliphatic carboxylic acids is 1. The number of nitrogens with one attached hydrogen (secondary N) is 2. The maximum Gasteiger partial charge on any atom is 0.326 e. The van der Waals surface area contributed by atoms with Gasteiger partial charge in [-0.2, -0.15) is 0 Å². The van der Waals surface area contributed by atoms with E-state index in [0.29, 0.717) is 41.9 Å². The van der Waals surface area contributed by atoms with Gasteiger partial charge >= 0.3 is 5.97 Å². The summed E-state index contributed by atoms with van der Waals surface area (Å²) >= 11 is 15.4. The number of Topliss-reactive ketones (excluding diaryl/α,β-unsaturated/α-hetero) is 1. The van der Waals surface area contributed by atoms with Gasteiger partial charge in [-0.3, -0.25) is 14.6 Å². The minimum absolute atomic E-state index is 0.0167. The summed E-state index contributed by atoms with van der Waals surface area (Å²) in [5.41, 5.74) is 1.28. The molecule has 0 unspecified atom stereocenters. The first-order valence-corrected chi connectivity index (χ1v) is 12.0. The number of amides is 1. The summed E-state index contributed by atoms with van der Waals surface area (Å²) < 4.78 is 5.77. The molecule has 0 radical (unpaired) electrons. The molecule has 4 rings (SSSR count). The highest BCUT2D eigenvalue weighted by atomic mass is 79.9. The van der Waals surface area contributed by atoms with Crippen molar-refractivity contribution in [1.29, 1.82) is 0 Å². The van der Waals surface area contributed by atoms with Crippen LogP contribution in [0.5, 0.6) is 0 Å². The molecule has 8 nitrogen and oxygen atoms in total. The van der Waals surface area contributed by atoms with Crippen LogP contribution in [0.2, 0.25) is 10.0 Å². The number of ketones is 1. The van der Waals surface area contributed by atoms with Gasteiger partial charge in [0.2, 0.25) is 0 Å². The number of pyridine rings is 1. The lowest BCUT2D eigenvalue weighted by atomic mass is 9.66. The third-order valence-electron chi connectivity index (χ3n) is 6.03. The highest BCUT2D eigenvalue weighted by Crippen LogP contribution is 2.51. The predicted octanol–water partition coefficient (Wildman–Crippen LogP) is 4.21. The Morgan fingerprint density at radius 1 is 1.15 bits per heavy atom. The summed E-state index contributed by atoms with van der Waals surface area (Å²) in [4.78, 5) is 40.9. The number of rotatable bonds is 7. The molecular weight excluding hydrogens is 549 g/mol. The summed E-state index contributed by atoms with van der Waals surface area (Å²) in [5, 5.41) is 15.9. The van der Waals surface area contributed by atoms with Gasteiger partial charge in [0.25, 0.3) is 5.91 Å². The predicted molar refractivity (Wildman–Crippen MR) is 130 cm³/mol. The van der Waals surface area contributed by atoms with Crippen molar-refractivity contribution >= 4 is 62.5 Å². The number of hydrogen-bond acceptors (Lipinski definition) is 6. The molecule has 178 valence electrons. The third kappa shape index (κ3) is 4.70. The third-order valence-corrected chi connectivity index (χ3v) is 7.36. The van der Waals surface area contributed by atoms with Crippen LogP contribution < -0.4 is 10.6 Å². The number of carboxylic acids is 1. The number of halogens is 3. The summed E-state index contributed by atoms with van der Waals surface area (Å²) in [6, 6.07) is 5.84. The number of aromatic nitrogens is 1. The van der Waals surface area contributed by atoms with Crippen molar-refractivity contribution in [2.45, 2.75) is 25.3 Å². The van der Waals surface area contributed by atoms with Crippen molar-refractivity contribution in [3.8, 4) is 0 Å². The standard InChI is InChI=1S/C23H20BrCl2N3O5/c24-18-19(23(20(18)30)5-7-34-8-6-23)29-16(22(32)33)9-12-1-3-13(4-2-12)28-21(31)17-14(25)10-27-11-15(17)26/h1-4,10-11,16,29H,5-9H2,(H,28,31)(H,32,33)/t16-/m0/s1.